The van der Waals surface area contributed by atoms with Gasteiger partial charge in [0.15, 0.2) is 0 Å². The lowest BCUT2D eigenvalue weighted by molar-refractivity contribution is 0.0697. The number of aromatic carboxylic acids is 1. The topological polar surface area (TPSA) is 104 Å². The molecule has 0 spiro atoms. The van der Waals surface area contributed by atoms with Crippen molar-refractivity contribution in [1.82, 2.24) is 18.6 Å². The maximum atomic E-state index is 12.8. The molecular formula is C19H24N4O4S. The number of aryl methyl sites for hydroxylation is 1. The van der Waals surface area contributed by atoms with Gasteiger partial charge in [-0.3, -0.25) is 0 Å². The van der Waals surface area contributed by atoms with Crippen molar-refractivity contribution in [2.45, 2.75) is 32.2 Å². The molecule has 8 nitrogen and oxygen atoms in total. The fourth-order valence-electron chi connectivity index (χ4n) is 3.35. The molecule has 150 valence electrons. The predicted octanol–water partition coefficient (Wildman–Crippen LogP) is 2.48. The van der Waals surface area contributed by atoms with Gasteiger partial charge in [0.1, 0.15) is 5.82 Å². The van der Waals surface area contributed by atoms with Crippen molar-refractivity contribution in [1.29, 1.82) is 0 Å². The molecule has 1 N–H and O–H groups in total. The Morgan fingerprint density at radius 1 is 1.21 bits per heavy atom. The molecule has 1 saturated heterocycles. The molecule has 0 saturated carbocycles. The predicted molar refractivity (Wildman–Crippen MR) is 105 cm³/mol. The quantitative estimate of drug-likeness (QED) is 0.821. The highest BCUT2D eigenvalue weighted by Gasteiger charge is 2.36. The van der Waals surface area contributed by atoms with E-state index in [-0.39, 0.29) is 5.56 Å². The molecule has 3 rings (SSSR count). The van der Waals surface area contributed by atoms with Gasteiger partial charge in [-0.05, 0) is 38.0 Å². The lowest BCUT2D eigenvalue weighted by Crippen LogP contribution is -2.45. The first-order chi connectivity index (χ1) is 13.2. The summed E-state index contributed by atoms with van der Waals surface area (Å²) < 4.78 is 28.2. The summed E-state index contributed by atoms with van der Waals surface area (Å²) >= 11 is 0. The van der Waals surface area contributed by atoms with Gasteiger partial charge in [0, 0.05) is 31.9 Å². The molecule has 0 radical (unpaired) electrons. The third kappa shape index (κ3) is 4.06. The summed E-state index contributed by atoms with van der Waals surface area (Å²) in [6.45, 7) is 2.25. The first-order valence-corrected chi connectivity index (χ1v) is 10.5. The van der Waals surface area contributed by atoms with E-state index in [0.29, 0.717) is 35.7 Å². The first-order valence-electron chi connectivity index (χ1n) is 9.09. The molecule has 28 heavy (non-hydrogen) atoms. The van der Waals surface area contributed by atoms with Crippen molar-refractivity contribution in [3.63, 3.8) is 0 Å². The minimum Gasteiger partial charge on any atom is -0.478 e. The van der Waals surface area contributed by atoms with Crippen LogP contribution in [0.2, 0.25) is 0 Å². The van der Waals surface area contributed by atoms with Crippen LogP contribution >= 0.6 is 0 Å². The van der Waals surface area contributed by atoms with Gasteiger partial charge in [-0.2, -0.15) is 17.0 Å². The van der Waals surface area contributed by atoms with E-state index in [1.807, 2.05) is 6.92 Å². The van der Waals surface area contributed by atoms with Crippen LogP contribution in [0.4, 0.5) is 0 Å². The summed E-state index contributed by atoms with van der Waals surface area (Å²) in [6, 6.07) is 7.86. The molecule has 2 heterocycles. The van der Waals surface area contributed by atoms with Gasteiger partial charge >= 0.3 is 5.97 Å². The van der Waals surface area contributed by atoms with Crippen LogP contribution in [0.5, 0.6) is 0 Å². The third-order valence-corrected chi connectivity index (χ3v) is 6.74. The molecule has 1 aromatic carbocycles. The summed E-state index contributed by atoms with van der Waals surface area (Å²) in [5.41, 5.74) is 2.11. The van der Waals surface area contributed by atoms with Gasteiger partial charge in [0.25, 0.3) is 10.2 Å². The van der Waals surface area contributed by atoms with Crippen LogP contribution in [0.1, 0.15) is 47.2 Å². The molecule has 1 atom stereocenters. The van der Waals surface area contributed by atoms with Crippen molar-refractivity contribution in [2.75, 3.05) is 20.6 Å². The smallest absolute Gasteiger partial charge is 0.335 e. The van der Waals surface area contributed by atoms with Crippen molar-refractivity contribution >= 4 is 16.2 Å². The minimum absolute atomic E-state index is 0.171. The van der Waals surface area contributed by atoms with Crippen molar-refractivity contribution in [3.05, 3.63) is 47.4 Å². The Morgan fingerprint density at radius 3 is 2.64 bits per heavy atom. The molecule has 1 fully saturated rings. The number of hydrogen-bond donors (Lipinski definition) is 1. The summed E-state index contributed by atoms with van der Waals surface area (Å²) in [5.74, 6) is -0.566. The monoisotopic (exact) mass is 404 g/mol. The summed E-state index contributed by atoms with van der Waals surface area (Å²) in [4.78, 5) is 20.4. The van der Waals surface area contributed by atoms with Crippen LogP contribution in [0.3, 0.4) is 0 Å². The summed E-state index contributed by atoms with van der Waals surface area (Å²) in [5, 5.41) is 9.23. The van der Waals surface area contributed by atoms with E-state index in [2.05, 4.69) is 9.97 Å². The van der Waals surface area contributed by atoms with E-state index in [9.17, 15) is 18.3 Å². The maximum absolute atomic E-state index is 12.8. The zero-order valence-electron chi connectivity index (χ0n) is 16.2. The summed E-state index contributed by atoms with van der Waals surface area (Å²) in [6.07, 6.45) is 2.33. The Kier molecular flexibility index (Phi) is 5.78. The van der Waals surface area contributed by atoms with Crippen LogP contribution < -0.4 is 0 Å². The average molecular weight is 404 g/mol. The SMILES string of the molecule is Cc1cc(-c2cccc(C(=O)O)c2)nc(C2CCCCN2S(=O)(=O)N(C)C)n1. The first kappa shape index (κ1) is 20.4. The highest BCUT2D eigenvalue weighted by Crippen LogP contribution is 2.33. The molecule has 1 aliphatic rings. The van der Waals surface area contributed by atoms with Crippen molar-refractivity contribution in [2.24, 2.45) is 0 Å². The maximum Gasteiger partial charge on any atom is 0.335 e. The zero-order chi connectivity index (χ0) is 20.5. The van der Waals surface area contributed by atoms with Crippen LogP contribution in [0, 0.1) is 6.92 Å². The lowest BCUT2D eigenvalue weighted by atomic mass is 10.0. The number of carboxylic acid groups (broad SMARTS) is 1. The highest BCUT2D eigenvalue weighted by atomic mass is 32.2. The Hall–Kier alpha value is -2.36. The molecule has 1 unspecified atom stereocenters. The van der Waals surface area contributed by atoms with Crippen LogP contribution in [-0.4, -0.2) is 58.7 Å². The second-order valence-electron chi connectivity index (χ2n) is 7.05. The number of benzene rings is 1. The zero-order valence-corrected chi connectivity index (χ0v) is 17.0. The molecule has 0 bridgehead atoms. The fraction of sp³-hybridized carbons (Fsp3) is 0.421. The van der Waals surface area contributed by atoms with Gasteiger partial charge < -0.3 is 5.11 Å². The number of piperidine rings is 1. The third-order valence-electron chi connectivity index (χ3n) is 4.79. The molecule has 1 aliphatic heterocycles. The number of aromatic nitrogens is 2. The van der Waals surface area contributed by atoms with Crippen molar-refractivity contribution in [3.8, 4) is 11.3 Å². The standard InChI is InChI=1S/C19H24N4O4S/c1-13-11-16(14-7-6-8-15(12-14)19(24)25)21-18(20-13)17-9-4-5-10-23(17)28(26,27)22(2)3/h6-8,11-12,17H,4-5,9-10H2,1-3H3,(H,24,25). The number of carbonyl (C=O) groups is 1. The molecule has 9 heteroatoms. The lowest BCUT2D eigenvalue weighted by Gasteiger charge is -2.35. The van der Waals surface area contributed by atoms with Crippen LogP contribution in [-0.2, 0) is 10.2 Å². The van der Waals surface area contributed by atoms with E-state index in [1.165, 1.54) is 28.8 Å². The second kappa shape index (κ2) is 7.94. The van der Waals surface area contributed by atoms with E-state index in [1.54, 1.807) is 24.3 Å². The van der Waals surface area contributed by atoms with E-state index >= 15 is 0 Å². The average Bonchev–Trinajstić information content (AvgIpc) is 2.67. The Labute approximate surface area is 165 Å². The van der Waals surface area contributed by atoms with Crippen molar-refractivity contribution < 1.29 is 18.3 Å². The molecule has 1 aromatic heterocycles. The fourth-order valence-corrected chi connectivity index (χ4v) is 4.65. The highest BCUT2D eigenvalue weighted by molar-refractivity contribution is 7.86. The minimum atomic E-state index is -3.60. The molecule has 0 amide bonds. The Bertz CT molecular complexity index is 991. The Morgan fingerprint density at radius 2 is 1.96 bits per heavy atom. The largest absolute Gasteiger partial charge is 0.478 e. The number of rotatable bonds is 5. The van der Waals surface area contributed by atoms with Gasteiger partial charge in [-0.25, -0.2) is 14.8 Å². The second-order valence-corrected chi connectivity index (χ2v) is 9.15. The summed E-state index contributed by atoms with van der Waals surface area (Å²) in [7, 11) is -0.567. The van der Waals surface area contributed by atoms with E-state index in [0.717, 1.165) is 12.8 Å². The van der Waals surface area contributed by atoms with Gasteiger partial charge in [-0.15, -0.1) is 0 Å². The number of carboxylic acids is 1. The van der Waals surface area contributed by atoms with Gasteiger partial charge in [-0.1, -0.05) is 18.6 Å². The van der Waals surface area contributed by atoms with E-state index in [4.69, 9.17) is 0 Å². The van der Waals surface area contributed by atoms with Gasteiger partial charge in [0.05, 0.1) is 17.3 Å². The number of nitrogens with zero attached hydrogens (tertiary/aromatic N) is 4. The number of hydrogen-bond acceptors (Lipinski definition) is 5. The normalized spacial score (nSPS) is 18.4. The Balaban J connectivity index is 2.05. The molecular weight excluding hydrogens is 380 g/mol. The van der Waals surface area contributed by atoms with Crippen LogP contribution in [0.25, 0.3) is 11.3 Å². The van der Waals surface area contributed by atoms with Crippen LogP contribution in [0.15, 0.2) is 30.3 Å². The molecule has 2 aromatic rings. The van der Waals surface area contributed by atoms with E-state index < -0.39 is 22.2 Å². The molecule has 0 aliphatic carbocycles. The van der Waals surface area contributed by atoms with Gasteiger partial charge in [0.2, 0.25) is 0 Å².